The average molecular weight is 331 g/mol. The molecule has 1 aromatic carbocycles. The van der Waals surface area contributed by atoms with Crippen LogP contribution in [0.3, 0.4) is 0 Å². The van der Waals surface area contributed by atoms with E-state index in [0.29, 0.717) is 16.5 Å². The van der Waals surface area contributed by atoms with Gasteiger partial charge in [-0.15, -0.1) is 0 Å². The number of hydrogen-bond donors (Lipinski definition) is 0. The molecule has 0 radical (unpaired) electrons. The Labute approximate surface area is 137 Å². The van der Waals surface area contributed by atoms with Crippen LogP contribution in [0.1, 0.15) is 63.9 Å². The maximum absolute atomic E-state index is 11.6. The van der Waals surface area contributed by atoms with Crippen LogP contribution < -0.4 is 0 Å². The molecule has 0 saturated carbocycles. The molecule has 1 rings (SSSR count). The summed E-state index contributed by atoms with van der Waals surface area (Å²) in [6.07, 6.45) is 8.87. The summed E-state index contributed by atoms with van der Waals surface area (Å²) in [6.45, 7) is 2.47. The highest BCUT2D eigenvalue weighted by atomic mass is 35.5. The first-order valence-corrected chi connectivity index (χ1v) is 8.48. The van der Waals surface area contributed by atoms with Gasteiger partial charge < -0.3 is 4.74 Å². The van der Waals surface area contributed by atoms with Gasteiger partial charge in [0.25, 0.3) is 0 Å². The zero-order valence-corrected chi connectivity index (χ0v) is 14.2. The van der Waals surface area contributed by atoms with E-state index in [9.17, 15) is 4.79 Å². The van der Waals surface area contributed by atoms with Crippen molar-refractivity contribution in [1.29, 1.82) is 0 Å². The number of carbonyl (C=O) groups is 1. The van der Waals surface area contributed by atoms with Crippen LogP contribution >= 0.6 is 23.2 Å². The number of ether oxygens (including phenoxy) is 1. The van der Waals surface area contributed by atoms with E-state index in [1.807, 2.05) is 6.07 Å². The van der Waals surface area contributed by atoms with E-state index in [0.717, 1.165) is 18.4 Å². The lowest BCUT2D eigenvalue weighted by molar-refractivity contribution is -0.145. The number of hydrogen-bond acceptors (Lipinski definition) is 2. The molecule has 0 amide bonds. The van der Waals surface area contributed by atoms with Crippen molar-refractivity contribution < 1.29 is 9.53 Å². The molecule has 0 aliphatic carbocycles. The second-order valence-corrected chi connectivity index (χ2v) is 6.09. The fraction of sp³-hybridized carbons (Fsp3) is 0.588. The average Bonchev–Trinajstić information content (AvgIpc) is 2.47. The summed E-state index contributed by atoms with van der Waals surface area (Å²) in [5.74, 6) is -0.144. The Bertz CT molecular complexity index is 433. The second-order valence-electron chi connectivity index (χ2n) is 5.28. The maximum atomic E-state index is 11.6. The highest BCUT2D eigenvalue weighted by Crippen LogP contribution is 2.23. The topological polar surface area (TPSA) is 26.3 Å². The van der Waals surface area contributed by atoms with Crippen LogP contribution in [0.25, 0.3) is 0 Å². The third-order valence-electron chi connectivity index (χ3n) is 3.37. The second kappa shape index (κ2) is 10.9. The molecule has 0 unspecified atom stereocenters. The molecule has 1 aromatic rings. The van der Waals surface area contributed by atoms with Crippen molar-refractivity contribution >= 4 is 29.2 Å². The van der Waals surface area contributed by atoms with Crippen molar-refractivity contribution in [3.05, 3.63) is 33.8 Å². The van der Waals surface area contributed by atoms with Gasteiger partial charge in [-0.25, -0.2) is 0 Å². The van der Waals surface area contributed by atoms with E-state index in [-0.39, 0.29) is 12.6 Å². The van der Waals surface area contributed by atoms with Crippen LogP contribution in [0.4, 0.5) is 0 Å². The normalized spacial score (nSPS) is 10.6. The van der Waals surface area contributed by atoms with E-state index in [1.165, 1.54) is 32.1 Å². The molecule has 0 aliphatic heterocycles. The van der Waals surface area contributed by atoms with E-state index in [4.69, 9.17) is 27.9 Å². The Kier molecular flexibility index (Phi) is 9.53. The van der Waals surface area contributed by atoms with Crippen LogP contribution in [-0.2, 0) is 16.1 Å². The summed E-state index contributed by atoms with van der Waals surface area (Å²) >= 11 is 11.7. The number of benzene rings is 1. The van der Waals surface area contributed by atoms with Crippen LogP contribution in [0.5, 0.6) is 0 Å². The molecular weight excluding hydrogens is 307 g/mol. The van der Waals surface area contributed by atoms with Gasteiger partial charge in [0, 0.05) is 6.42 Å². The molecule has 0 aromatic heterocycles. The third kappa shape index (κ3) is 8.33. The monoisotopic (exact) mass is 330 g/mol. The van der Waals surface area contributed by atoms with Crippen molar-refractivity contribution in [2.45, 2.75) is 64.9 Å². The summed E-state index contributed by atoms with van der Waals surface area (Å²) < 4.78 is 5.23. The minimum atomic E-state index is -0.144. The first kappa shape index (κ1) is 18.3. The van der Waals surface area contributed by atoms with Crippen molar-refractivity contribution in [3.63, 3.8) is 0 Å². The number of halogens is 2. The van der Waals surface area contributed by atoms with Crippen molar-refractivity contribution in [2.24, 2.45) is 0 Å². The molecule has 2 nitrogen and oxygen atoms in total. The third-order valence-corrected chi connectivity index (χ3v) is 4.11. The molecule has 4 heteroatoms. The predicted octanol–water partition coefficient (Wildman–Crippen LogP) is 6.18. The van der Waals surface area contributed by atoms with Crippen molar-refractivity contribution in [2.75, 3.05) is 0 Å². The van der Waals surface area contributed by atoms with Gasteiger partial charge in [0.1, 0.15) is 6.61 Å². The Morgan fingerprint density at radius 3 is 2.33 bits per heavy atom. The molecule has 21 heavy (non-hydrogen) atoms. The predicted molar refractivity (Wildman–Crippen MR) is 88.9 cm³/mol. The van der Waals surface area contributed by atoms with Gasteiger partial charge >= 0.3 is 5.97 Å². The van der Waals surface area contributed by atoms with Gasteiger partial charge in [-0.1, -0.05) is 74.7 Å². The van der Waals surface area contributed by atoms with Crippen molar-refractivity contribution in [3.8, 4) is 0 Å². The van der Waals surface area contributed by atoms with Crippen molar-refractivity contribution in [1.82, 2.24) is 0 Å². The van der Waals surface area contributed by atoms with Crippen LogP contribution in [0.15, 0.2) is 18.2 Å². The zero-order chi connectivity index (χ0) is 15.5. The van der Waals surface area contributed by atoms with Crippen LogP contribution in [-0.4, -0.2) is 5.97 Å². The zero-order valence-electron chi connectivity index (χ0n) is 12.7. The van der Waals surface area contributed by atoms with E-state index in [2.05, 4.69) is 6.92 Å². The first-order chi connectivity index (χ1) is 10.1. The van der Waals surface area contributed by atoms with Crippen LogP contribution in [0, 0.1) is 0 Å². The molecule has 0 spiro atoms. The minimum Gasteiger partial charge on any atom is -0.461 e. The Balaban J connectivity index is 2.09. The number of rotatable bonds is 10. The fourth-order valence-electron chi connectivity index (χ4n) is 2.09. The van der Waals surface area contributed by atoms with Gasteiger partial charge in [0.2, 0.25) is 0 Å². The SMILES string of the molecule is CCCCCCCCCC(=O)OCc1ccc(Cl)c(Cl)c1. The molecule has 0 saturated heterocycles. The quantitative estimate of drug-likeness (QED) is 0.378. The van der Waals surface area contributed by atoms with Crippen LogP contribution in [0.2, 0.25) is 10.0 Å². The summed E-state index contributed by atoms with van der Waals surface area (Å²) in [4.78, 5) is 11.6. The summed E-state index contributed by atoms with van der Waals surface area (Å²) in [5.41, 5.74) is 0.859. The standard InChI is InChI=1S/C17H24Cl2O2/c1-2-3-4-5-6-7-8-9-17(20)21-13-14-10-11-15(18)16(19)12-14/h10-12H,2-9,13H2,1H3. The summed E-state index contributed by atoms with van der Waals surface area (Å²) in [6, 6.07) is 5.25. The first-order valence-electron chi connectivity index (χ1n) is 7.73. The fourth-order valence-corrected chi connectivity index (χ4v) is 2.41. The Morgan fingerprint density at radius 1 is 1.00 bits per heavy atom. The Morgan fingerprint density at radius 2 is 1.67 bits per heavy atom. The van der Waals surface area contributed by atoms with Gasteiger partial charge in [-0.05, 0) is 24.1 Å². The minimum absolute atomic E-state index is 0.144. The molecule has 0 bridgehead atoms. The summed E-state index contributed by atoms with van der Waals surface area (Å²) in [7, 11) is 0. The smallest absolute Gasteiger partial charge is 0.306 e. The van der Waals surface area contributed by atoms with E-state index < -0.39 is 0 Å². The van der Waals surface area contributed by atoms with Gasteiger partial charge in [0.15, 0.2) is 0 Å². The lowest BCUT2D eigenvalue weighted by Crippen LogP contribution is -2.04. The number of carbonyl (C=O) groups excluding carboxylic acids is 1. The molecule has 0 N–H and O–H groups in total. The van der Waals surface area contributed by atoms with Gasteiger partial charge in [-0.2, -0.15) is 0 Å². The lowest BCUT2D eigenvalue weighted by Gasteiger charge is -2.06. The molecule has 118 valence electrons. The lowest BCUT2D eigenvalue weighted by atomic mass is 10.1. The highest BCUT2D eigenvalue weighted by Gasteiger charge is 2.05. The molecule has 0 fully saturated rings. The molecule has 0 heterocycles. The molecule has 0 atom stereocenters. The van der Waals surface area contributed by atoms with E-state index in [1.54, 1.807) is 12.1 Å². The highest BCUT2D eigenvalue weighted by molar-refractivity contribution is 6.42. The maximum Gasteiger partial charge on any atom is 0.306 e. The largest absolute Gasteiger partial charge is 0.461 e. The number of esters is 1. The molecular formula is C17H24Cl2O2. The summed E-state index contributed by atoms with van der Waals surface area (Å²) in [5, 5.41) is 0.993. The number of unbranched alkanes of at least 4 members (excludes halogenated alkanes) is 6. The van der Waals surface area contributed by atoms with Gasteiger partial charge in [-0.3, -0.25) is 4.79 Å². The van der Waals surface area contributed by atoms with Gasteiger partial charge in [0.05, 0.1) is 10.0 Å². The van der Waals surface area contributed by atoms with E-state index >= 15 is 0 Å². The molecule has 0 aliphatic rings. The Hall–Kier alpha value is -0.730.